The number of hydrogen-bond acceptors (Lipinski definition) is 2. The lowest BCUT2D eigenvalue weighted by Gasteiger charge is -2.11. The van der Waals surface area contributed by atoms with Crippen molar-refractivity contribution in [2.24, 2.45) is 0 Å². The highest BCUT2D eigenvalue weighted by Crippen LogP contribution is 2.37. The van der Waals surface area contributed by atoms with E-state index in [-0.39, 0.29) is 0 Å². The molecule has 182 valence electrons. The molecule has 0 saturated heterocycles. The molecule has 3 nitrogen and oxygen atoms in total. The third-order valence-electron chi connectivity index (χ3n) is 7.60. The lowest BCUT2D eigenvalue weighted by Crippen LogP contribution is -1.97. The molecule has 0 spiro atoms. The van der Waals surface area contributed by atoms with Gasteiger partial charge < -0.3 is 4.57 Å². The maximum atomic E-state index is 5.05. The van der Waals surface area contributed by atoms with Crippen molar-refractivity contribution < 1.29 is 0 Å². The summed E-state index contributed by atoms with van der Waals surface area (Å²) >= 11 is 0. The second kappa shape index (κ2) is 8.64. The molecular weight excluding hydrogens is 474 g/mol. The van der Waals surface area contributed by atoms with Crippen LogP contribution in [0.15, 0.2) is 140 Å². The Morgan fingerprint density at radius 2 is 1.13 bits per heavy atom. The maximum Gasteiger partial charge on any atom is 0.160 e. The van der Waals surface area contributed by atoms with E-state index in [0.29, 0.717) is 0 Å². The van der Waals surface area contributed by atoms with E-state index in [0.717, 1.165) is 39.2 Å². The molecule has 39 heavy (non-hydrogen) atoms. The number of fused-ring (bicyclic) bond motifs is 6. The van der Waals surface area contributed by atoms with Crippen LogP contribution in [0.25, 0.3) is 71.8 Å². The van der Waals surface area contributed by atoms with Gasteiger partial charge in [0.25, 0.3) is 0 Å². The van der Waals surface area contributed by atoms with Crippen LogP contribution in [0.5, 0.6) is 0 Å². The predicted molar refractivity (Wildman–Crippen MR) is 162 cm³/mol. The van der Waals surface area contributed by atoms with E-state index >= 15 is 0 Å². The number of nitrogens with zero attached hydrogens (tertiary/aromatic N) is 3. The summed E-state index contributed by atoms with van der Waals surface area (Å²) in [6.45, 7) is 0. The van der Waals surface area contributed by atoms with Gasteiger partial charge in [-0.15, -0.1) is 0 Å². The topological polar surface area (TPSA) is 30.7 Å². The lowest BCUT2D eigenvalue weighted by molar-refractivity contribution is 1.17. The van der Waals surface area contributed by atoms with Gasteiger partial charge in [0, 0.05) is 33.0 Å². The Morgan fingerprint density at radius 3 is 1.97 bits per heavy atom. The smallest absolute Gasteiger partial charge is 0.160 e. The number of para-hydroxylation sites is 2. The molecule has 0 atom stereocenters. The Labute approximate surface area is 225 Å². The number of rotatable bonds is 3. The highest BCUT2D eigenvalue weighted by atomic mass is 15.0. The van der Waals surface area contributed by atoms with Crippen LogP contribution in [-0.2, 0) is 0 Å². The standard InChI is InChI=1S/C36H23N3/c1-2-11-25(12-3-1)35-29-14-6-8-16-31(29)37-36(38-35)26-18-21-27(22-19-26)39-32-17-9-7-15-30(32)34-28-13-5-4-10-24(28)20-23-33(34)39/h1-23H. The summed E-state index contributed by atoms with van der Waals surface area (Å²) in [5, 5.41) is 6.14. The van der Waals surface area contributed by atoms with Crippen LogP contribution in [0.1, 0.15) is 0 Å². The van der Waals surface area contributed by atoms with Gasteiger partial charge in [0.1, 0.15) is 0 Å². The van der Waals surface area contributed by atoms with Crippen LogP contribution in [0.4, 0.5) is 0 Å². The van der Waals surface area contributed by atoms with Crippen molar-refractivity contribution in [1.29, 1.82) is 0 Å². The van der Waals surface area contributed by atoms with E-state index in [1.165, 1.54) is 32.6 Å². The molecule has 0 saturated carbocycles. The van der Waals surface area contributed by atoms with E-state index in [2.05, 4.69) is 126 Å². The van der Waals surface area contributed by atoms with Crippen LogP contribution < -0.4 is 0 Å². The van der Waals surface area contributed by atoms with Gasteiger partial charge >= 0.3 is 0 Å². The first-order valence-corrected chi connectivity index (χ1v) is 13.2. The molecule has 0 aliphatic heterocycles. The van der Waals surface area contributed by atoms with Crippen molar-refractivity contribution in [3.8, 4) is 28.3 Å². The predicted octanol–water partition coefficient (Wildman–Crippen LogP) is 9.21. The van der Waals surface area contributed by atoms with Crippen LogP contribution in [0.3, 0.4) is 0 Å². The minimum atomic E-state index is 0.729. The lowest BCUT2D eigenvalue weighted by atomic mass is 10.0. The largest absolute Gasteiger partial charge is 0.309 e. The van der Waals surface area contributed by atoms with Crippen LogP contribution in [0.2, 0.25) is 0 Å². The Kier molecular flexibility index (Phi) is 4.82. The van der Waals surface area contributed by atoms with Crippen LogP contribution in [-0.4, -0.2) is 14.5 Å². The van der Waals surface area contributed by atoms with E-state index < -0.39 is 0 Å². The number of hydrogen-bond donors (Lipinski definition) is 0. The summed E-state index contributed by atoms with van der Waals surface area (Å²) in [5.41, 5.74) is 7.50. The SMILES string of the molecule is c1ccc(-c2nc(-c3ccc(-n4c5ccccc5c5c6ccccc6ccc54)cc3)nc3ccccc23)cc1. The molecule has 0 unspecified atom stereocenters. The maximum absolute atomic E-state index is 5.05. The average molecular weight is 498 g/mol. The molecule has 0 radical (unpaired) electrons. The molecule has 0 amide bonds. The summed E-state index contributed by atoms with van der Waals surface area (Å²) in [6, 6.07) is 48.9. The molecule has 0 fully saturated rings. The van der Waals surface area contributed by atoms with Crippen molar-refractivity contribution in [1.82, 2.24) is 14.5 Å². The molecule has 8 aromatic rings. The fourth-order valence-corrected chi connectivity index (χ4v) is 5.80. The first-order chi connectivity index (χ1) is 19.3. The van der Waals surface area contributed by atoms with Crippen molar-refractivity contribution >= 4 is 43.5 Å². The first-order valence-electron chi connectivity index (χ1n) is 13.2. The fraction of sp³-hybridized carbons (Fsp3) is 0. The molecule has 2 aromatic heterocycles. The van der Waals surface area contributed by atoms with Gasteiger partial charge in [-0.3, -0.25) is 0 Å². The monoisotopic (exact) mass is 497 g/mol. The van der Waals surface area contributed by atoms with Gasteiger partial charge in [0.15, 0.2) is 5.82 Å². The second-order valence-corrected chi connectivity index (χ2v) is 9.86. The summed E-state index contributed by atoms with van der Waals surface area (Å²) in [6.07, 6.45) is 0. The van der Waals surface area contributed by atoms with Crippen molar-refractivity contribution in [2.75, 3.05) is 0 Å². The van der Waals surface area contributed by atoms with Crippen LogP contribution >= 0.6 is 0 Å². The van der Waals surface area contributed by atoms with E-state index in [4.69, 9.17) is 9.97 Å². The zero-order valence-corrected chi connectivity index (χ0v) is 21.1. The summed E-state index contributed by atoms with van der Waals surface area (Å²) in [7, 11) is 0. The highest BCUT2D eigenvalue weighted by molar-refractivity contribution is 6.21. The third-order valence-corrected chi connectivity index (χ3v) is 7.60. The molecule has 0 aliphatic rings. The molecular formula is C36H23N3. The highest BCUT2D eigenvalue weighted by Gasteiger charge is 2.15. The van der Waals surface area contributed by atoms with E-state index in [1.54, 1.807) is 0 Å². The van der Waals surface area contributed by atoms with Crippen molar-refractivity contribution in [3.63, 3.8) is 0 Å². The number of benzene rings is 6. The fourth-order valence-electron chi connectivity index (χ4n) is 5.80. The molecule has 6 aromatic carbocycles. The molecule has 2 heterocycles. The molecule has 3 heteroatoms. The molecule has 0 N–H and O–H groups in total. The Hall–Kier alpha value is -5.28. The molecule has 8 rings (SSSR count). The normalized spacial score (nSPS) is 11.6. The Balaban J connectivity index is 1.31. The Bertz CT molecular complexity index is 2160. The van der Waals surface area contributed by atoms with Gasteiger partial charge in [-0.1, -0.05) is 97.1 Å². The third kappa shape index (κ3) is 3.44. The zero-order valence-electron chi connectivity index (χ0n) is 21.1. The van der Waals surface area contributed by atoms with E-state index in [9.17, 15) is 0 Å². The summed E-state index contributed by atoms with van der Waals surface area (Å²) in [4.78, 5) is 9.99. The molecule has 0 aliphatic carbocycles. The van der Waals surface area contributed by atoms with Gasteiger partial charge in [-0.25, -0.2) is 9.97 Å². The van der Waals surface area contributed by atoms with Gasteiger partial charge in [-0.2, -0.15) is 0 Å². The van der Waals surface area contributed by atoms with Gasteiger partial charge in [-0.05, 0) is 53.2 Å². The van der Waals surface area contributed by atoms with Gasteiger partial charge in [0.05, 0.1) is 22.2 Å². The Morgan fingerprint density at radius 1 is 0.436 bits per heavy atom. The van der Waals surface area contributed by atoms with E-state index in [1.807, 2.05) is 18.2 Å². The second-order valence-electron chi connectivity index (χ2n) is 9.86. The molecule has 0 bridgehead atoms. The minimum absolute atomic E-state index is 0.729. The quantitative estimate of drug-likeness (QED) is 0.244. The summed E-state index contributed by atoms with van der Waals surface area (Å²) in [5.74, 6) is 0.729. The number of aromatic nitrogens is 3. The van der Waals surface area contributed by atoms with Crippen molar-refractivity contribution in [2.45, 2.75) is 0 Å². The summed E-state index contributed by atoms with van der Waals surface area (Å²) < 4.78 is 2.36. The zero-order chi connectivity index (χ0) is 25.8. The van der Waals surface area contributed by atoms with Crippen LogP contribution in [0, 0.1) is 0 Å². The van der Waals surface area contributed by atoms with Crippen molar-refractivity contribution in [3.05, 3.63) is 140 Å². The minimum Gasteiger partial charge on any atom is -0.309 e. The first kappa shape index (κ1) is 21.8. The van der Waals surface area contributed by atoms with Gasteiger partial charge in [0.2, 0.25) is 0 Å². The average Bonchev–Trinajstić information content (AvgIpc) is 3.36.